The van der Waals surface area contributed by atoms with E-state index in [0.717, 1.165) is 22.2 Å². The molecule has 0 fully saturated rings. The van der Waals surface area contributed by atoms with Gasteiger partial charge in [-0.25, -0.2) is 9.97 Å². The number of nitrogens with two attached hydrogens (primary N) is 1. The quantitative estimate of drug-likeness (QED) is 0.437. The van der Waals surface area contributed by atoms with E-state index in [4.69, 9.17) is 20.2 Å². The molecule has 0 aliphatic heterocycles. The minimum atomic E-state index is -0.502. The number of carbonyl (C=O) groups excluding carboxylic acids is 1. The number of benzene rings is 1. The molecule has 3 N–H and O–H groups in total. The Morgan fingerprint density at radius 2 is 2.06 bits per heavy atom. The van der Waals surface area contributed by atoms with Crippen LogP contribution in [0.1, 0.15) is 26.6 Å². The first-order valence-electron chi connectivity index (χ1n) is 10.4. The first-order chi connectivity index (χ1) is 14.9. The number of ether oxygens (including phenoxy) is 2. The van der Waals surface area contributed by atoms with E-state index in [1.165, 1.54) is 11.8 Å². The lowest BCUT2D eigenvalue weighted by molar-refractivity contribution is -0.119. The van der Waals surface area contributed by atoms with Gasteiger partial charge >= 0.3 is 0 Å². The lowest BCUT2D eigenvalue weighted by atomic mass is 10.1. The highest BCUT2D eigenvalue weighted by atomic mass is 32.2. The van der Waals surface area contributed by atoms with Crippen LogP contribution in [0.3, 0.4) is 0 Å². The molecule has 0 saturated carbocycles. The molecule has 0 unspecified atom stereocenters. The smallest absolute Gasteiger partial charge is 0.230 e. The van der Waals surface area contributed by atoms with Crippen molar-refractivity contribution in [1.29, 1.82) is 0 Å². The lowest BCUT2D eigenvalue weighted by Gasteiger charge is -2.27. The van der Waals surface area contributed by atoms with E-state index in [-0.39, 0.29) is 5.91 Å². The molecule has 0 aliphatic carbocycles. The third kappa shape index (κ3) is 5.66. The topological polar surface area (TPSA) is 104 Å². The van der Waals surface area contributed by atoms with Crippen LogP contribution in [0.5, 0.6) is 0 Å². The van der Waals surface area contributed by atoms with Gasteiger partial charge in [-0.1, -0.05) is 18.2 Å². The monoisotopic (exact) mass is 445 g/mol. The number of imidazole rings is 1. The Morgan fingerprint density at radius 1 is 1.29 bits per heavy atom. The number of nitrogen functional groups attached to an aromatic ring is 1. The second-order valence-corrected chi connectivity index (χ2v) is 8.72. The van der Waals surface area contributed by atoms with Gasteiger partial charge in [-0.3, -0.25) is 4.79 Å². The molecule has 1 amide bonds. The largest absolute Gasteiger partial charge is 0.382 e. The first-order valence-corrected chi connectivity index (χ1v) is 11.8. The Morgan fingerprint density at radius 3 is 2.81 bits per heavy atom. The molecule has 2 heterocycles. The van der Waals surface area contributed by atoms with Crippen molar-refractivity contribution in [3.63, 3.8) is 0 Å². The molecule has 0 saturated heterocycles. The molecule has 0 bridgehead atoms. The van der Waals surface area contributed by atoms with Crippen molar-refractivity contribution in [3.05, 3.63) is 30.1 Å². The fourth-order valence-electron chi connectivity index (χ4n) is 3.51. The highest BCUT2D eigenvalue weighted by molar-refractivity contribution is 7.99. The molecule has 0 spiro atoms. The molecule has 31 heavy (non-hydrogen) atoms. The summed E-state index contributed by atoms with van der Waals surface area (Å²) in [7, 11) is 0. The summed E-state index contributed by atoms with van der Waals surface area (Å²) in [6, 6.07) is 7.91. The van der Waals surface area contributed by atoms with Gasteiger partial charge in [0.25, 0.3) is 0 Å². The highest BCUT2D eigenvalue weighted by Crippen LogP contribution is 2.30. The fourth-order valence-corrected chi connectivity index (χ4v) is 3.87. The Kier molecular flexibility index (Phi) is 7.74. The van der Waals surface area contributed by atoms with Gasteiger partial charge in [0, 0.05) is 18.5 Å². The number of rotatable bonds is 11. The van der Waals surface area contributed by atoms with Gasteiger partial charge in [-0.05, 0) is 33.1 Å². The normalized spacial score (nSPS) is 12.0. The number of para-hydroxylation sites is 1. The number of thioether (sulfide) groups is 1. The van der Waals surface area contributed by atoms with Crippen LogP contribution in [0.2, 0.25) is 0 Å². The van der Waals surface area contributed by atoms with Crippen molar-refractivity contribution < 1.29 is 14.3 Å². The molecule has 3 aromatic rings. The van der Waals surface area contributed by atoms with Crippen LogP contribution in [0, 0.1) is 0 Å². The number of carbonyl (C=O) groups is 1. The minimum Gasteiger partial charge on any atom is -0.382 e. The maximum absolute atomic E-state index is 11.6. The van der Waals surface area contributed by atoms with Gasteiger partial charge in [-0.15, -0.1) is 0 Å². The summed E-state index contributed by atoms with van der Waals surface area (Å²) in [4.78, 5) is 20.9. The van der Waals surface area contributed by atoms with Crippen LogP contribution in [-0.2, 0) is 27.4 Å². The van der Waals surface area contributed by atoms with Gasteiger partial charge < -0.3 is 25.1 Å². The van der Waals surface area contributed by atoms with Gasteiger partial charge in [0.05, 0.1) is 35.5 Å². The molecule has 2 aromatic heterocycles. The summed E-state index contributed by atoms with van der Waals surface area (Å²) in [5, 5.41) is 3.85. The van der Waals surface area contributed by atoms with Crippen LogP contribution in [0.25, 0.3) is 21.9 Å². The number of pyridine rings is 1. The van der Waals surface area contributed by atoms with E-state index >= 15 is 0 Å². The lowest BCUT2D eigenvalue weighted by Crippen LogP contribution is -2.36. The number of nitrogens with one attached hydrogen (secondary N) is 1. The number of hydrogen-bond acceptors (Lipinski definition) is 7. The zero-order chi connectivity index (χ0) is 22.4. The van der Waals surface area contributed by atoms with Crippen LogP contribution in [0.15, 0.2) is 24.3 Å². The van der Waals surface area contributed by atoms with Crippen molar-refractivity contribution in [3.8, 4) is 0 Å². The third-order valence-electron chi connectivity index (χ3n) is 4.86. The Labute approximate surface area is 186 Å². The third-order valence-corrected chi connectivity index (χ3v) is 5.41. The number of nitrogens with zero attached hydrogens (tertiary/aromatic N) is 3. The summed E-state index contributed by atoms with van der Waals surface area (Å²) >= 11 is 1.50. The van der Waals surface area contributed by atoms with Crippen molar-refractivity contribution in [2.45, 2.75) is 39.5 Å². The van der Waals surface area contributed by atoms with E-state index in [1.807, 2.05) is 51.3 Å². The molecular formula is C22H31N5O3S. The van der Waals surface area contributed by atoms with E-state index < -0.39 is 5.60 Å². The number of anilines is 1. The summed E-state index contributed by atoms with van der Waals surface area (Å²) in [6.45, 7) is 8.42. The van der Waals surface area contributed by atoms with Gasteiger partial charge in [0.2, 0.25) is 5.91 Å². The molecule has 0 radical (unpaired) electrons. The molecule has 9 heteroatoms. The van der Waals surface area contributed by atoms with E-state index in [2.05, 4.69) is 14.9 Å². The van der Waals surface area contributed by atoms with Crippen LogP contribution >= 0.6 is 11.8 Å². The number of amides is 1. The fraction of sp³-hybridized carbons (Fsp3) is 0.500. The van der Waals surface area contributed by atoms with Gasteiger partial charge in [0.15, 0.2) is 5.82 Å². The average Bonchev–Trinajstić information content (AvgIpc) is 3.08. The summed E-state index contributed by atoms with van der Waals surface area (Å²) in [5.41, 5.74) is 8.18. The molecule has 8 nitrogen and oxygen atoms in total. The second-order valence-electron chi connectivity index (χ2n) is 7.85. The second kappa shape index (κ2) is 10.3. The maximum Gasteiger partial charge on any atom is 0.230 e. The van der Waals surface area contributed by atoms with Gasteiger partial charge in [0.1, 0.15) is 17.9 Å². The molecule has 0 atom stereocenters. The summed E-state index contributed by atoms with van der Waals surface area (Å²) in [6.07, 6.45) is 1.90. The molecular weight excluding hydrogens is 414 g/mol. The van der Waals surface area contributed by atoms with Crippen molar-refractivity contribution in [2.24, 2.45) is 0 Å². The highest BCUT2D eigenvalue weighted by Gasteiger charge is 2.25. The Balaban J connectivity index is 1.89. The zero-order valence-electron chi connectivity index (χ0n) is 18.6. The Hall–Kier alpha value is -2.36. The van der Waals surface area contributed by atoms with Crippen LogP contribution in [0.4, 0.5) is 5.82 Å². The van der Waals surface area contributed by atoms with E-state index in [9.17, 15) is 4.79 Å². The molecule has 0 aliphatic rings. The molecule has 3 rings (SSSR count). The van der Waals surface area contributed by atoms with E-state index in [0.29, 0.717) is 50.0 Å². The zero-order valence-corrected chi connectivity index (χ0v) is 19.4. The molecule has 168 valence electrons. The van der Waals surface area contributed by atoms with Crippen molar-refractivity contribution in [1.82, 2.24) is 19.9 Å². The predicted octanol–water partition coefficient (Wildman–Crippen LogP) is 2.98. The SMILES string of the molecule is CCOCc1nc2c(N)nc3ccccc3c2n1CC(C)(C)OCCNC(=O)CSC. The summed E-state index contributed by atoms with van der Waals surface area (Å²) < 4.78 is 13.9. The van der Waals surface area contributed by atoms with E-state index in [1.54, 1.807) is 0 Å². The van der Waals surface area contributed by atoms with Crippen LogP contribution in [-0.4, -0.2) is 57.8 Å². The summed E-state index contributed by atoms with van der Waals surface area (Å²) in [5.74, 6) is 1.66. The first kappa shape index (κ1) is 23.3. The standard InChI is InChI=1S/C22H31N5O3S/c1-5-29-12-17-26-19-20(15-8-6-7-9-16(15)25-21(19)23)27(17)14-22(2,3)30-11-10-24-18(28)13-31-4/h6-9H,5,10-14H2,1-4H3,(H2,23,25)(H,24,28). The van der Waals surface area contributed by atoms with Crippen molar-refractivity contribution in [2.75, 3.05) is 37.5 Å². The number of hydrogen-bond donors (Lipinski definition) is 2. The maximum atomic E-state index is 11.6. The average molecular weight is 446 g/mol. The minimum absolute atomic E-state index is 0.0166. The number of fused-ring (bicyclic) bond motifs is 3. The number of aromatic nitrogens is 3. The van der Waals surface area contributed by atoms with Gasteiger partial charge in [-0.2, -0.15) is 11.8 Å². The Bertz CT molecular complexity index is 1050. The van der Waals surface area contributed by atoms with Crippen LogP contribution < -0.4 is 11.1 Å². The predicted molar refractivity (Wildman–Crippen MR) is 126 cm³/mol. The van der Waals surface area contributed by atoms with Crippen molar-refractivity contribution >= 4 is 45.4 Å². The molecule has 1 aromatic carbocycles.